The molecule has 0 spiro atoms. The molecular weight excluding hydrogens is 444 g/mol. The molecule has 0 amide bonds. The highest BCUT2D eigenvalue weighted by atomic mass is 15.3. The van der Waals surface area contributed by atoms with Crippen LogP contribution in [0.2, 0.25) is 0 Å². The molecule has 2 fully saturated rings. The molecule has 6 heteroatoms. The fourth-order valence-electron chi connectivity index (χ4n) is 6.27. The maximum absolute atomic E-state index is 6.41. The number of benzene rings is 2. The predicted molar refractivity (Wildman–Crippen MR) is 145 cm³/mol. The van der Waals surface area contributed by atoms with Crippen LogP contribution in [0, 0.1) is 5.92 Å². The summed E-state index contributed by atoms with van der Waals surface area (Å²) in [4.78, 5) is 19.5. The first-order valence-electron chi connectivity index (χ1n) is 13.4. The van der Waals surface area contributed by atoms with Gasteiger partial charge in [0, 0.05) is 37.8 Å². The standard InChI is InChI=1S/C30H36N6/c1-35-15-17-36(18-16-35)25-13-11-24(12-14-25)28-29-26(30(31)33-20-32-29)27(34-28)23-9-7-22(8-10-23)19-21-5-3-2-4-6-21/h2-10,20,24-25,28H,11-19H2,1H3,(H2,31,32,33). The van der Waals surface area contributed by atoms with Crippen LogP contribution in [0.3, 0.4) is 0 Å². The summed E-state index contributed by atoms with van der Waals surface area (Å²) in [6, 6.07) is 20.2. The molecule has 1 atom stereocenters. The summed E-state index contributed by atoms with van der Waals surface area (Å²) >= 11 is 0. The normalized spacial score (nSPS) is 24.9. The number of aromatic nitrogens is 2. The molecule has 6 rings (SSSR count). The molecule has 36 heavy (non-hydrogen) atoms. The van der Waals surface area contributed by atoms with E-state index in [0.29, 0.717) is 17.8 Å². The van der Waals surface area contributed by atoms with Crippen LogP contribution in [0.1, 0.15) is 59.7 Å². The largest absolute Gasteiger partial charge is 0.383 e. The molecule has 1 saturated carbocycles. The van der Waals surface area contributed by atoms with Gasteiger partial charge in [0.05, 0.1) is 23.0 Å². The van der Waals surface area contributed by atoms with Crippen LogP contribution in [0.5, 0.6) is 0 Å². The van der Waals surface area contributed by atoms with E-state index in [4.69, 9.17) is 15.7 Å². The molecule has 2 aromatic carbocycles. The quantitative estimate of drug-likeness (QED) is 0.588. The minimum absolute atomic E-state index is 0.0812. The highest BCUT2D eigenvalue weighted by molar-refractivity contribution is 6.17. The lowest BCUT2D eigenvalue weighted by Gasteiger charge is -2.41. The van der Waals surface area contributed by atoms with Crippen molar-refractivity contribution in [3.05, 3.63) is 88.9 Å². The highest BCUT2D eigenvalue weighted by Gasteiger charge is 2.38. The second-order valence-corrected chi connectivity index (χ2v) is 10.7. The number of nitrogen functional groups attached to an aromatic ring is 1. The molecular formula is C30H36N6. The van der Waals surface area contributed by atoms with E-state index in [2.05, 4.69) is 76.4 Å². The van der Waals surface area contributed by atoms with Gasteiger partial charge in [-0.25, -0.2) is 9.97 Å². The number of hydrogen-bond acceptors (Lipinski definition) is 6. The first-order valence-corrected chi connectivity index (χ1v) is 13.4. The third kappa shape index (κ3) is 4.67. The molecule has 1 saturated heterocycles. The maximum Gasteiger partial charge on any atom is 0.136 e. The molecule has 3 aromatic rings. The van der Waals surface area contributed by atoms with E-state index in [9.17, 15) is 0 Å². The lowest BCUT2D eigenvalue weighted by Crippen LogP contribution is -2.50. The number of hydrogen-bond donors (Lipinski definition) is 1. The minimum Gasteiger partial charge on any atom is -0.383 e. The molecule has 2 N–H and O–H groups in total. The summed E-state index contributed by atoms with van der Waals surface area (Å²) in [7, 11) is 2.23. The average molecular weight is 481 g/mol. The van der Waals surface area contributed by atoms with Crippen molar-refractivity contribution in [1.82, 2.24) is 19.8 Å². The third-order valence-corrected chi connectivity index (χ3v) is 8.41. The Labute approximate surface area is 214 Å². The molecule has 1 aliphatic carbocycles. The number of aliphatic imine (C=N–C) groups is 1. The van der Waals surface area contributed by atoms with E-state index in [-0.39, 0.29) is 6.04 Å². The maximum atomic E-state index is 6.41. The highest BCUT2D eigenvalue weighted by Crippen LogP contribution is 2.43. The Kier molecular flexibility index (Phi) is 6.55. The number of piperazine rings is 1. The SMILES string of the molecule is CN1CCN(C2CCC(C3N=C(c4ccc(Cc5ccccc5)cc4)c4c(N)ncnc43)CC2)CC1. The molecule has 1 unspecified atom stereocenters. The Morgan fingerprint density at radius 2 is 1.53 bits per heavy atom. The van der Waals surface area contributed by atoms with Gasteiger partial charge < -0.3 is 10.6 Å². The van der Waals surface area contributed by atoms with E-state index in [0.717, 1.165) is 29.0 Å². The zero-order valence-corrected chi connectivity index (χ0v) is 21.2. The van der Waals surface area contributed by atoms with E-state index >= 15 is 0 Å². The Morgan fingerprint density at radius 3 is 2.25 bits per heavy atom. The van der Waals surface area contributed by atoms with Crippen molar-refractivity contribution in [2.24, 2.45) is 10.9 Å². The molecule has 186 valence electrons. The summed E-state index contributed by atoms with van der Waals surface area (Å²) in [6.07, 6.45) is 7.42. The van der Waals surface area contributed by atoms with Gasteiger partial charge >= 0.3 is 0 Å². The predicted octanol–water partition coefficient (Wildman–Crippen LogP) is 4.35. The Morgan fingerprint density at radius 1 is 0.833 bits per heavy atom. The second kappa shape index (κ2) is 10.1. The number of likely N-dealkylation sites (N-methyl/N-ethyl adjacent to an activating group) is 1. The van der Waals surface area contributed by atoms with Gasteiger partial charge in [-0.2, -0.15) is 0 Å². The first-order chi connectivity index (χ1) is 17.7. The van der Waals surface area contributed by atoms with Crippen LogP contribution in [0.4, 0.5) is 5.82 Å². The van der Waals surface area contributed by atoms with Crippen molar-refractivity contribution in [3.63, 3.8) is 0 Å². The van der Waals surface area contributed by atoms with Gasteiger partial charge in [0.1, 0.15) is 12.1 Å². The average Bonchev–Trinajstić information content (AvgIpc) is 3.31. The smallest absolute Gasteiger partial charge is 0.136 e. The fourth-order valence-corrected chi connectivity index (χ4v) is 6.27. The van der Waals surface area contributed by atoms with E-state index in [1.807, 2.05) is 0 Å². The topological polar surface area (TPSA) is 70.6 Å². The minimum atomic E-state index is 0.0812. The third-order valence-electron chi connectivity index (χ3n) is 8.41. The van der Waals surface area contributed by atoms with E-state index in [1.54, 1.807) is 6.33 Å². The molecule has 6 nitrogen and oxygen atoms in total. The Balaban J connectivity index is 1.20. The second-order valence-electron chi connectivity index (χ2n) is 10.7. The number of rotatable bonds is 5. The number of nitrogens with zero attached hydrogens (tertiary/aromatic N) is 5. The summed E-state index contributed by atoms with van der Waals surface area (Å²) in [5, 5.41) is 0. The summed E-state index contributed by atoms with van der Waals surface area (Å²) < 4.78 is 0. The molecule has 0 bridgehead atoms. The van der Waals surface area contributed by atoms with Crippen molar-refractivity contribution in [2.75, 3.05) is 39.0 Å². The lowest BCUT2D eigenvalue weighted by molar-refractivity contribution is 0.0780. The van der Waals surface area contributed by atoms with Crippen molar-refractivity contribution >= 4 is 11.5 Å². The van der Waals surface area contributed by atoms with Crippen LogP contribution in [-0.4, -0.2) is 64.7 Å². The van der Waals surface area contributed by atoms with Crippen LogP contribution in [-0.2, 0) is 6.42 Å². The monoisotopic (exact) mass is 480 g/mol. The van der Waals surface area contributed by atoms with Crippen LogP contribution in [0.15, 0.2) is 65.9 Å². The van der Waals surface area contributed by atoms with Gasteiger partial charge in [-0.1, -0.05) is 54.6 Å². The van der Waals surface area contributed by atoms with E-state index < -0.39 is 0 Å². The van der Waals surface area contributed by atoms with Crippen molar-refractivity contribution in [3.8, 4) is 0 Å². The Bertz CT molecular complexity index is 1210. The summed E-state index contributed by atoms with van der Waals surface area (Å²) in [5.41, 5.74) is 13.0. The van der Waals surface area contributed by atoms with E-state index in [1.165, 1.54) is 63.0 Å². The number of fused-ring (bicyclic) bond motifs is 1. The Hall–Kier alpha value is -3.09. The summed E-state index contributed by atoms with van der Waals surface area (Å²) in [6.45, 7) is 4.77. The zero-order valence-electron chi connectivity index (χ0n) is 21.2. The molecule has 3 heterocycles. The van der Waals surface area contributed by atoms with Gasteiger partial charge in [0.15, 0.2) is 0 Å². The van der Waals surface area contributed by atoms with Crippen molar-refractivity contribution < 1.29 is 0 Å². The molecule has 1 aromatic heterocycles. The van der Waals surface area contributed by atoms with Gasteiger partial charge in [0.25, 0.3) is 0 Å². The molecule has 3 aliphatic rings. The fraction of sp³-hybridized carbons (Fsp3) is 0.433. The lowest BCUT2D eigenvalue weighted by atomic mass is 9.80. The summed E-state index contributed by atoms with van der Waals surface area (Å²) in [5.74, 6) is 1.05. The molecule has 0 radical (unpaired) electrons. The first kappa shape index (κ1) is 23.3. The van der Waals surface area contributed by atoms with Gasteiger partial charge in [-0.15, -0.1) is 0 Å². The van der Waals surface area contributed by atoms with Gasteiger partial charge in [0.2, 0.25) is 0 Å². The zero-order chi connectivity index (χ0) is 24.5. The molecule has 2 aliphatic heterocycles. The van der Waals surface area contributed by atoms with Gasteiger partial charge in [-0.3, -0.25) is 9.89 Å². The number of anilines is 1. The van der Waals surface area contributed by atoms with Crippen molar-refractivity contribution in [1.29, 1.82) is 0 Å². The van der Waals surface area contributed by atoms with Gasteiger partial charge in [-0.05, 0) is 56.2 Å². The van der Waals surface area contributed by atoms with Crippen LogP contribution >= 0.6 is 0 Å². The van der Waals surface area contributed by atoms with Crippen LogP contribution in [0.25, 0.3) is 0 Å². The van der Waals surface area contributed by atoms with Crippen molar-refractivity contribution in [2.45, 2.75) is 44.2 Å². The van der Waals surface area contributed by atoms with Crippen LogP contribution < -0.4 is 5.73 Å². The number of nitrogens with two attached hydrogens (primary N) is 1.